The molecule has 0 radical (unpaired) electrons. The van der Waals surface area contributed by atoms with Crippen molar-refractivity contribution in [2.75, 3.05) is 33.1 Å². The van der Waals surface area contributed by atoms with Gasteiger partial charge in [-0.1, -0.05) is 6.92 Å². The number of primary amides is 1. The van der Waals surface area contributed by atoms with E-state index < -0.39 is 82.6 Å². The van der Waals surface area contributed by atoms with Crippen molar-refractivity contribution in [1.82, 2.24) is 10.2 Å². The van der Waals surface area contributed by atoms with Crippen molar-refractivity contribution in [3.63, 3.8) is 0 Å². The van der Waals surface area contributed by atoms with Gasteiger partial charge in [-0.15, -0.1) is 0 Å². The van der Waals surface area contributed by atoms with Crippen LogP contribution < -0.4 is 16.0 Å². The lowest BCUT2D eigenvalue weighted by atomic mass is 9.58. The second-order valence-electron chi connectivity index (χ2n) is 11.5. The van der Waals surface area contributed by atoms with Gasteiger partial charge in [-0.3, -0.25) is 19.3 Å². The van der Waals surface area contributed by atoms with Crippen LogP contribution in [-0.2, 0) is 22.6 Å². The van der Waals surface area contributed by atoms with Crippen LogP contribution >= 0.6 is 0 Å². The zero-order valence-electron chi connectivity index (χ0n) is 23.8. The van der Waals surface area contributed by atoms with Gasteiger partial charge >= 0.3 is 6.18 Å². The van der Waals surface area contributed by atoms with Crippen molar-refractivity contribution in [2.24, 2.45) is 17.6 Å². The van der Waals surface area contributed by atoms with E-state index in [9.17, 15) is 48.0 Å². The fourth-order valence-electron chi connectivity index (χ4n) is 6.61. The van der Waals surface area contributed by atoms with E-state index in [2.05, 4.69) is 5.32 Å². The van der Waals surface area contributed by atoms with Gasteiger partial charge in [0, 0.05) is 43.4 Å². The quantitative estimate of drug-likeness (QED) is 0.254. The van der Waals surface area contributed by atoms with Crippen molar-refractivity contribution in [3.8, 4) is 5.75 Å². The number of carbonyl (C=O) groups excluding carboxylic acids is 3. The fourth-order valence-corrected chi connectivity index (χ4v) is 6.61. The first-order chi connectivity index (χ1) is 19.4. The van der Waals surface area contributed by atoms with Gasteiger partial charge in [0.2, 0.25) is 5.78 Å². The number of hydrogen-bond donors (Lipinski definition) is 6. The second kappa shape index (κ2) is 10.6. The number of benzene rings is 1. The highest BCUT2D eigenvalue weighted by Crippen LogP contribution is 2.53. The predicted molar refractivity (Wildman–Crippen MR) is 145 cm³/mol. The molecule has 0 bridgehead atoms. The molecular weight excluding hydrogens is 561 g/mol. The van der Waals surface area contributed by atoms with Crippen LogP contribution in [0.3, 0.4) is 0 Å². The Kier molecular flexibility index (Phi) is 7.89. The van der Waals surface area contributed by atoms with Crippen LogP contribution in [-0.4, -0.2) is 94.9 Å². The third-order valence-corrected chi connectivity index (χ3v) is 8.60. The number of aliphatic hydroxyl groups is 3. The minimum Gasteiger partial charge on any atom is -0.510 e. The predicted octanol–water partition coefficient (Wildman–Crippen LogP) is 1.62. The molecule has 4 rings (SSSR count). The SMILES string of the molecule is CCC(NCc1cc(N(C)C)c2c(c1O)C(=O)C1=C(O)[C@@]3(O)C(=O)C(C(N)=O)=C(O)[C@H](N(C)C)[C@H]3C[C@H]1C2)C(F)(F)F. The lowest BCUT2D eigenvalue weighted by molar-refractivity contribution is -0.156. The normalized spacial score (nSPS) is 26.7. The highest BCUT2D eigenvalue weighted by molar-refractivity contribution is 6.24. The third kappa shape index (κ3) is 4.61. The van der Waals surface area contributed by atoms with Crippen molar-refractivity contribution in [3.05, 3.63) is 45.4 Å². The summed E-state index contributed by atoms with van der Waals surface area (Å²) in [5, 5.41) is 47.6. The van der Waals surface area contributed by atoms with E-state index in [1.807, 2.05) is 0 Å². The van der Waals surface area contributed by atoms with Crippen LogP contribution in [0.5, 0.6) is 5.75 Å². The summed E-state index contributed by atoms with van der Waals surface area (Å²) in [4.78, 5) is 42.6. The molecule has 0 fully saturated rings. The number of aliphatic hydroxyl groups excluding tert-OH is 2. The number of carbonyl (C=O) groups is 3. The summed E-state index contributed by atoms with van der Waals surface area (Å²) < 4.78 is 40.1. The molecule has 42 heavy (non-hydrogen) atoms. The van der Waals surface area contributed by atoms with Crippen LogP contribution in [0, 0.1) is 11.8 Å². The van der Waals surface area contributed by atoms with Crippen LogP contribution in [0.4, 0.5) is 18.9 Å². The van der Waals surface area contributed by atoms with Crippen LogP contribution in [0.1, 0.15) is 41.3 Å². The first-order valence-electron chi connectivity index (χ1n) is 13.4. The summed E-state index contributed by atoms with van der Waals surface area (Å²) in [6.07, 6.45) is -4.83. The van der Waals surface area contributed by atoms with Crippen LogP contribution in [0.25, 0.3) is 0 Å². The molecule has 0 spiro atoms. The Labute approximate surface area is 240 Å². The van der Waals surface area contributed by atoms with E-state index in [4.69, 9.17) is 5.73 Å². The Hall–Kier alpha value is -3.62. The molecule has 3 aliphatic carbocycles. The maximum atomic E-state index is 14.0. The molecule has 14 heteroatoms. The molecule has 1 aromatic carbocycles. The smallest absolute Gasteiger partial charge is 0.403 e. The second-order valence-corrected chi connectivity index (χ2v) is 11.5. The summed E-state index contributed by atoms with van der Waals surface area (Å²) in [6.45, 7) is 0.926. The highest BCUT2D eigenvalue weighted by atomic mass is 19.4. The number of likely N-dealkylation sites (N-methyl/N-ethyl adjacent to an activating group) is 1. The van der Waals surface area contributed by atoms with Crippen molar-refractivity contribution in [2.45, 2.75) is 56.6 Å². The van der Waals surface area contributed by atoms with Crippen molar-refractivity contribution in [1.29, 1.82) is 0 Å². The largest absolute Gasteiger partial charge is 0.510 e. The number of aromatic hydroxyl groups is 1. The number of anilines is 1. The molecule has 0 saturated heterocycles. The zero-order valence-corrected chi connectivity index (χ0v) is 23.8. The van der Waals surface area contributed by atoms with Crippen molar-refractivity contribution >= 4 is 23.2 Å². The number of phenolic OH excluding ortho intramolecular Hbond substituents is 1. The summed E-state index contributed by atoms with van der Waals surface area (Å²) in [6, 6.07) is -1.49. The number of Topliss-reactive ketones (excluding diaryl/α,β-unsaturated/α-hetero) is 2. The number of nitrogens with zero attached hydrogens (tertiary/aromatic N) is 2. The van der Waals surface area contributed by atoms with Gasteiger partial charge < -0.3 is 36.4 Å². The number of ketones is 2. The Balaban J connectivity index is 1.89. The molecule has 1 amide bonds. The average molecular weight is 597 g/mol. The Morgan fingerprint density at radius 3 is 2.31 bits per heavy atom. The first kappa shape index (κ1) is 31.3. The lowest BCUT2D eigenvalue weighted by Gasteiger charge is -2.50. The molecule has 5 atom stereocenters. The molecule has 7 N–H and O–H groups in total. The number of allylic oxidation sites excluding steroid dienone is 1. The molecule has 1 unspecified atom stereocenters. The number of nitrogens with one attached hydrogen (secondary N) is 1. The topological polar surface area (TPSA) is 177 Å². The number of alkyl halides is 3. The summed E-state index contributed by atoms with van der Waals surface area (Å²) >= 11 is 0. The minimum absolute atomic E-state index is 0.00437. The van der Waals surface area contributed by atoms with Gasteiger partial charge in [0.05, 0.1) is 11.6 Å². The number of phenols is 1. The number of fused-ring (bicyclic) bond motifs is 3. The molecule has 0 aromatic heterocycles. The van der Waals surface area contributed by atoms with Gasteiger partial charge in [-0.2, -0.15) is 13.2 Å². The Morgan fingerprint density at radius 2 is 1.81 bits per heavy atom. The van der Waals surface area contributed by atoms with Crippen molar-refractivity contribution < 1.29 is 48.0 Å². The van der Waals surface area contributed by atoms with Gasteiger partial charge in [-0.25, -0.2) is 0 Å². The molecule has 0 saturated carbocycles. The van der Waals surface area contributed by atoms with E-state index in [0.717, 1.165) is 0 Å². The van der Waals surface area contributed by atoms with E-state index in [1.54, 1.807) is 19.0 Å². The number of hydrogen-bond acceptors (Lipinski definition) is 10. The van der Waals surface area contributed by atoms with E-state index in [1.165, 1.54) is 32.0 Å². The third-order valence-electron chi connectivity index (χ3n) is 8.60. The maximum absolute atomic E-state index is 14.0. The number of rotatable bonds is 7. The average Bonchev–Trinajstić information content (AvgIpc) is 2.86. The molecule has 1 aromatic rings. The van der Waals surface area contributed by atoms with E-state index in [-0.39, 0.29) is 36.0 Å². The number of halogens is 3. The van der Waals surface area contributed by atoms with Gasteiger partial charge in [0.25, 0.3) is 5.91 Å². The van der Waals surface area contributed by atoms with Crippen LogP contribution in [0.2, 0.25) is 0 Å². The standard InChI is InChI=1S/C28H35F3N4O7/c1-6-16(28(29,30)31)33-10-12-9-15(34(2)3)13-7-11-8-14-20(35(4)5)23(38)19(26(32)41)25(40)27(14,42)24(39)17(11)22(37)18(13)21(12)36/h9,11,14,16,20,33,36,38-39,42H,6-8,10H2,1-5H3,(H2,32,41)/t11-,14-,16?,20-,27-/m1/s1. The van der Waals surface area contributed by atoms with Gasteiger partial charge in [0.1, 0.15) is 28.9 Å². The van der Waals surface area contributed by atoms with E-state index >= 15 is 0 Å². The molecule has 11 nitrogen and oxygen atoms in total. The number of amides is 1. The monoisotopic (exact) mass is 596 g/mol. The van der Waals surface area contributed by atoms with Crippen LogP contribution in [0.15, 0.2) is 28.7 Å². The van der Waals surface area contributed by atoms with Gasteiger partial charge in [-0.05, 0) is 50.9 Å². The minimum atomic E-state index is -4.54. The Bertz CT molecular complexity index is 1420. The molecule has 230 valence electrons. The first-order valence-corrected chi connectivity index (χ1v) is 13.4. The Morgan fingerprint density at radius 1 is 1.19 bits per heavy atom. The summed E-state index contributed by atoms with van der Waals surface area (Å²) in [5.74, 6) is -7.81. The molecule has 3 aliphatic rings. The maximum Gasteiger partial charge on any atom is 0.403 e. The zero-order chi connectivity index (χ0) is 31.6. The van der Waals surface area contributed by atoms with Gasteiger partial charge in [0.15, 0.2) is 11.4 Å². The highest BCUT2D eigenvalue weighted by Gasteiger charge is 2.63. The molecular formula is C28H35F3N4O7. The van der Waals surface area contributed by atoms with E-state index in [0.29, 0.717) is 11.3 Å². The molecule has 0 heterocycles. The fraction of sp³-hybridized carbons (Fsp3) is 0.536. The molecule has 0 aliphatic heterocycles. The lowest BCUT2D eigenvalue weighted by Crippen LogP contribution is -2.63. The summed E-state index contributed by atoms with van der Waals surface area (Å²) in [7, 11) is 6.40. The number of nitrogens with two attached hydrogens (primary N) is 1. The summed E-state index contributed by atoms with van der Waals surface area (Å²) in [5.41, 5.74) is 1.87.